The molecule has 2 atom stereocenters. The fourth-order valence-electron chi connectivity index (χ4n) is 3.42. The van der Waals surface area contributed by atoms with Gasteiger partial charge in [-0.05, 0) is 37.5 Å². The Morgan fingerprint density at radius 3 is 2.40 bits per heavy atom. The van der Waals surface area contributed by atoms with E-state index in [9.17, 15) is 13.2 Å². The van der Waals surface area contributed by atoms with Gasteiger partial charge in [0.25, 0.3) is 0 Å². The molecule has 2 aliphatic rings. The smallest absolute Gasteiger partial charge is 0.238 e. The number of carbonyl (C=O) groups is 1. The van der Waals surface area contributed by atoms with Crippen molar-refractivity contribution in [2.24, 2.45) is 5.14 Å². The van der Waals surface area contributed by atoms with Crippen molar-refractivity contribution in [2.75, 3.05) is 4.90 Å². The topological polar surface area (TPSA) is 80.5 Å². The van der Waals surface area contributed by atoms with Crippen LogP contribution in [0.1, 0.15) is 32.1 Å². The molecule has 2 unspecified atom stereocenters. The van der Waals surface area contributed by atoms with Crippen LogP contribution in [0.2, 0.25) is 0 Å². The molecule has 6 heteroatoms. The maximum absolute atomic E-state index is 11.7. The van der Waals surface area contributed by atoms with Gasteiger partial charge >= 0.3 is 0 Å². The lowest BCUT2D eigenvalue weighted by atomic mass is 9.83. The first-order valence-electron chi connectivity index (χ1n) is 6.88. The molecule has 3 rings (SSSR count). The molecule has 0 aromatic heterocycles. The molecule has 0 spiro atoms. The second-order valence-corrected chi connectivity index (χ2v) is 7.20. The minimum atomic E-state index is -3.69. The zero-order valence-corrected chi connectivity index (χ0v) is 12.0. The van der Waals surface area contributed by atoms with E-state index in [0.29, 0.717) is 18.6 Å². The van der Waals surface area contributed by atoms with Crippen molar-refractivity contribution >= 4 is 21.5 Å². The van der Waals surface area contributed by atoms with Crippen LogP contribution in [-0.4, -0.2) is 26.3 Å². The fourth-order valence-corrected chi connectivity index (χ4v) is 3.97. The summed E-state index contributed by atoms with van der Waals surface area (Å²) in [5.74, 6) is 0.318. The molecule has 1 aromatic rings. The van der Waals surface area contributed by atoms with E-state index in [2.05, 4.69) is 4.90 Å². The highest BCUT2D eigenvalue weighted by Crippen LogP contribution is 2.36. The Balaban J connectivity index is 1.98. The third kappa shape index (κ3) is 2.45. The number of primary sulfonamides is 1. The van der Waals surface area contributed by atoms with E-state index in [1.807, 2.05) is 6.07 Å². The molecule has 0 saturated carbocycles. The van der Waals surface area contributed by atoms with E-state index >= 15 is 0 Å². The summed E-state index contributed by atoms with van der Waals surface area (Å²) in [6.07, 6.45) is 4.24. The van der Waals surface area contributed by atoms with Crippen LogP contribution in [0, 0.1) is 0 Å². The maximum Gasteiger partial charge on any atom is 0.238 e. The van der Waals surface area contributed by atoms with Crippen LogP contribution >= 0.6 is 0 Å². The van der Waals surface area contributed by atoms with Gasteiger partial charge in [-0.1, -0.05) is 6.07 Å². The average Bonchev–Trinajstić information content (AvgIpc) is 2.37. The third-order valence-electron chi connectivity index (χ3n) is 4.23. The van der Waals surface area contributed by atoms with Crippen LogP contribution in [0.4, 0.5) is 5.69 Å². The van der Waals surface area contributed by atoms with Crippen LogP contribution in [0.5, 0.6) is 0 Å². The van der Waals surface area contributed by atoms with Crippen molar-refractivity contribution in [3.05, 3.63) is 24.3 Å². The maximum atomic E-state index is 11.7. The number of carbonyl (C=O) groups excluding carboxylic acids is 1. The molecule has 5 nitrogen and oxygen atoms in total. The lowest BCUT2D eigenvalue weighted by Gasteiger charge is -2.47. The van der Waals surface area contributed by atoms with Gasteiger partial charge in [-0.15, -0.1) is 0 Å². The molecule has 2 fully saturated rings. The van der Waals surface area contributed by atoms with Crippen molar-refractivity contribution in [3.63, 3.8) is 0 Å². The van der Waals surface area contributed by atoms with Crippen LogP contribution in [-0.2, 0) is 14.8 Å². The van der Waals surface area contributed by atoms with Gasteiger partial charge in [-0.2, -0.15) is 0 Å². The molecular formula is C14H18N2O3S. The fraction of sp³-hybridized carbons (Fsp3) is 0.500. The minimum absolute atomic E-state index is 0.130. The van der Waals surface area contributed by atoms with Crippen molar-refractivity contribution in [3.8, 4) is 0 Å². The number of benzene rings is 1. The highest BCUT2D eigenvalue weighted by molar-refractivity contribution is 7.89. The van der Waals surface area contributed by atoms with E-state index in [1.165, 1.54) is 6.07 Å². The van der Waals surface area contributed by atoms with Gasteiger partial charge in [0.2, 0.25) is 10.0 Å². The summed E-state index contributed by atoms with van der Waals surface area (Å²) in [6.45, 7) is 0. The first kappa shape index (κ1) is 13.6. The van der Waals surface area contributed by atoms with Crippen LogP contribution in [0.15, 0.2) is 29.2 Å². The Morgan fingerprint density at radius 1 is 1.15 bits per heavy atom. The van der Waals surface area contributed by atoms with Crippen molar-refractivity contribution < 1.29 is 13.2 Å². The van der Waals surface area contributed by atoms with Gasteiger partial charge < -0.3 is 4.90 Å². The molecule has 0 aliphatic carbocycles. The number of piperidine rings is 2. The van der Waals surface area contributed by atoms with Crippen molar-refractivity contribution in [2.45, 2.75) is 49.1 Å². The molecule has 20 heavy (non-hydrogen) atoms. The zero-order chi connectivity index (χ0) is 14.3. The average molecular weight is 294 g/mol. The summed E-state index contributed by atoms with van der Waals surface area (Å²) in [5.41, 5.74) is 0.860. The molecule has 2 saturated heterocycles. The molecular weight excluding hydrogens is 276 g/mol. The molecule has 2 bridgehead atoms. The number of nitrogens with zero attached hydrogens (tertiary/aromatic N) is 1. The normalized spacial score (nSPS) is 26.6. The molecule has 0 radical (unpaired) electrons. The van der Waals surface area contributed by atoms with Crippen molar-refractivity contribution in [1.82, 2.24) is 0 Å². The quantitative estimate of drug-likeness (QED) is 0.894. The van der Waals surface area contributed by atoms with E-state index in [4.69, 9.17) is 5.14 Å². The number of Topliss-reactive ketones (excluding diaryl/α,β-unsaturated/α-hetero) is 1. The standard InChI is InChI=1S/C14H18N2O3S/c15-20(18,19)14-6-2-5-12(9-14)16-10-3-1-4-11(16)8-13(17)7-10/h2,5-6,9-11H,1,3-4,7-8H2,(H2,15,18,19). The predicted molar refractivity (Wildman–Crippen MR) is 76.0 cm³/mol. The number of fused-ring (bicyclic) bond motifs is 2. The Labute approximate surface area is 118 Å². The number of rotatable bonds is 2. The Morgan fingerprint density at radius 2 is 1.80 bits per heavy atom. The second kappa shape index (κ2) is 4.86. The van der Waals surface area contributed by atoms with Gasteiger partial charge in [0, 0.05) is 30.6 Å². The molecule has 2 N–H and O–H groups in total. The first-order valence-corrected chi connectivity index (χ1v) is 8.43. The summed E-state index contributed by atoms with van der Waals surface area (Å²) in [4.78, 5) is 14.1. The van der Waals surface area contributed by atoms with Gasteiger partial charge in [0.15, 0.2) is 0 Å². The number of ketones is 1. The monoisotopic (exact) mass is 294 g/mol. The van der Waals surface area contributed by atoms with Gasteiger partial charge in [-0.3, -0.25) is 4.79 Å². The number of hydrogen-bond donors (Lipinski definition) is 1. The van der Waals surface area contributed by atoms with Crippen molar-refractivity contribution in [1.29, 1.82) is 0 Å². The van der Waals surface area contributed by atoms with E-state index < -0.39 is 10.0 Å². The van der Waals surface area contributed by atoms with E-state index in [1.54, 1.807) is 12.1 Å². The lowest BCUT2D eigenvalue weighted by Crippen LogP contribution is -2.52. The van der Waals surface area contributed by atoms with Crippen LogP contribution in [0.25, 0.3) is 0 Å². The lowest BCUT2D eigenvalue weighted by molar-refractivity contribution is -0.121. The first-order chi connectivity index (χ1) is 9.45. The van der Waals surface area contributed by atoms with Gasteiger partial charge in [-0.25, -0.2) is 13.6 Å². The molecule has 2 heterocycles. The third-order valence-corrected chi connectivity index (χ3v) is 5.14. The molecule has 0 amide bonds. The largest absolute Gasteiger partial charge is 0.365 e. The Hall–Kier alpha value is -1.40. The zero-order valence-electron chi connectivity index (χ0n) is 11.2. The van der Waals surface area contributed by atoms with Gasteiger partial charge in [0.05, 0.1) is 4.90 Å². The summed E-state index contributed by atoms with van der Waals surface area (Å²) < 4.78 is 22.9. The van der Waals surface area contributed by atoms with E-state index in [0.717, 1.165) is 24.9 Å². The molecule has 108 valence electrons. The van der Waals surface area contributed by atoms with Crippen LogP contribution in [0.3, 0.4) is 0 Å². The molecule has 1 aromatic carbocycles. The predicted octanol–water partition coefficient (Wildman–Crippen LogP) is 1.42. The number of sulfonamides is 1. The summed E-state index contributed by atoms with van der Waals surface area (Å²) in [6, 6.07) is 7.13. The summed E-state index contributed by atoms with van der Waals surface area (Å²) in [5, 5.41) is 5.19. The highest BCUT2D eigenvalue weighted by Gasteiger charge is 2.37. The SMILES string of the molecule is NS(=O)(=O)c1cccc(N2C3CCCC2CC(=O)C3)c1. The summed E-state index contributed by atoms with van der Waals surface area (Å²) in [7, 11) is -3.69. The van der Waals surface area contributed by atoms with Crippen LogP contribution < -0.4 is 10.0 Å². The number of anilines is 1. The van der Waals surface area contributed by atoms with Gasteiger partial charge in [0.1, 0.15) is 5.78 Å². The minimum Gasteiger partial charge on any atom is -0.365 e. The summed E-state index contributed by atoms with van der Waals surface area (Å²) >= 11 is 0. The second-order valence-electron chi connectivity index (χ2n) is 5.64. The Bertz CT molecular complexity index is 626. The molecule has 2 aliphatic heterocycles. The number of hydrogen-bond acceptors (Lipinski definition) is 4. The Kier molecular flexibility index (Phi) is 3.30. The van der Waals surface area contributed by atoms with E-state index in [-0.39, 0.29) is 17.0 Å². The number of nitrogens with two attached hydrogens (primary N) is 1. The highest BCUT2D eigenvalue weighted by atomic mass is 32.2.